The number of nitrogens with zero attached hydrogens (tertiary/aromatic N) is 5. The average molecular weight is 348 g/mol. The van der Waals surface area contributed by atoms with Gasteiger partial charge in [-0.3, -0.25) is 0 Å². The summed E-state index contributed by atoms with van der Waals surface area (Å²) in [6.45, 7) is 9.07. The van der Waals surface area contributed by atoms with E-state index in [1.807, 2.05) is 6.92 Å². The first-order chi connectivity index (χ1) is 12.1. The molecule has 1 aromatic rings. The van der Waals surface area contributed by atoms with Crippen LogP contribution in [0.3, 0.4) is 0 Å². The van der Waals surface area contributed by atoms with Gasteiger partial charge in [0.25, 0.3) is 0 Å². The fraction of sp³-hybridized carbons (Fsp3) is 0.706. The van der Waals surface area contributed by atoms with E-state index >= 15 is 0 Å². The lowest BCUT2D eigenvalue weighted by Crippen LogP contribution is -2.49. The Bertz CT molecular complexity index is 595. The molecule has 0 atom stereocenters. The number of carbonyl (C=O) groups is 1. The number of piperidine rings is 1. The van der Waals surface area contributed by atoms with Crippen molar-refractivity contribution in [1.29, 1.82) is 0 Å². The first-order valence-electron chi connectivity index (χ1n) is 9.12. The molecule has 2 fully saturated rings. The van der Waals surface area contributed by atoms with Crippen LogP contribution in [-0.2, 0) is 4.74 Å². The minimum atomic E-state index is -0.249. The minimum Gasteiger partial charge on any atom is -0.450 e. The molecular formula is C17H28N6O2. The number of hydrogen-bond acceptors (Lipinski definition) is 7. The zero-order valence-electron chi connectivity index (χ0n) is 15.1. The summed E-state index contributed by atoms with van der Waals surface area (Å²) in [5.74, 6) is 2.37. The van der Waals surface area contributed by atoms with Crippen molar-refractivity contribution in [3.63, 3.8) is 0 Å². The maximum absolute atomic E-state index is 11.8. The highest BCUT2D eigenvalue weighted by Gasteiger charge is 2.26. The zero-order valence-corrected chi connectivity index (χ0v) is 15.1. The molecule has 0 aliphatic carbocycles. The first-order valence-corrected chi connectivity index (χ1v) is 9.12. The van der Waals surface area contributed by atoms with E-state index in [0.29, 0.717) is 38.5 Å². The number of nitrogens with two attached hydrogens (primary N) is 1. The van der Waals surface area contributed by atoms with Gasteiger partial charge in [-0.05, 0) is 25.7 Å². The smallest absolute Gasteiger partial charge is 0.409 e. The van der Waals surface area contributed by atoms with E-state index in [2.05, 4.69) is 26.7 Å². The van der Waals surface area contributed by atoms with Gasteiger partial charge in [0.2, 0.25) is 0 Å². The van der Waals surface area contributed by atoms with Crippen molar-refractivity contribution in [1.82, 2.24) is 14.9 Å². The van der Waals surface area contributed by atoms with Gasteiger partial charge in [0.15, 0.2) is 11.6 Å². The second kappa shape index (κ2) is 7.76. The molecule has 0 radical (unpaired) electrons. The maximum atomic E-state index is 11.8. The Morgan fingerprint density at radius 1 is 1.12 bits per heavy atom. The van der Waals surface area contributed by atoms with Gasteiger partial charge in [-0.15, -0.1) is 0 Å². The van der Waals surface area contributed by atoms with Crippen molar-refractivity contribution >= 4 is 23.4 Å². The lowest BCUT2D eigenvalue weighted by molar-refractivity contribution is 0.105. The number of anilines is 3. The molecule has 0 unspecified atom stereocenters. The predicted octanol–water partition coefficient (Wildman–Crippen LogP) is 1.57. The Hall–Kier alpha value is -2.25. The lowest BCUT2D eigenvalue weighted by Gasteiger charge is -2.36. The molecule has 2 saturated heterocycles. The number of piperazine rings is 1. The summed E-state index contributed by atoms with van der Waals surface area (Å²) in [6, 6.07) is 0. The third-order valence-corrected chi connectivity index (χ3v) is 5.03. The summed E-state index contributed by atoms with van der Waals surface area (Å²) in [5.41, 5.74) is 7.05. The third-order valence-electron chi connectivity index (χ3n) is 5.03. The quantitative estimate of drug-likeness (QED) is 0.887. The number of hydrogen-bond donors (Lipinski definition) is 1. The molecule has 2 aliphatic rings. The Kier molecular flexibility index (Phi) is 5.45. The summed E-state index contributed by atoms with van der Waals surface area (Å²) >= 11 is 0. The standard InChI is InChI=1S/C17H28N6O2/c1-3-25-17(24)23-10-8-22(9-11-23)16-14(18)15(19-12-20-16)21-6-4-13(2)5-7-21/h12-13H,3-11,18H2,1-2H3. The van der Waals surface area contributed by atoms with Gasteiger partial charge in [-0.25, -0.2) is 14.8 Å². The van der Waals surface area contributed by atoms with Crippen molar-refractivity contribution in [2.75, 3.05) is 61.4 Å². The van der Waals surface area contributed by atoms with Gasteiger partial charge in [-0.2, -0.15) is 0 Å². The highest BCUT2D eigenvalue weighted by Crippen LogP contribution is 2.31. The highest BCUT2D eigenvalue weighted by molar-refractivity contribution is 5.76. The van der Waals surface area contributed by atoms with Crippen LogP contribution in [0.15, 0.2) is 6.33 Å². The third kappa shape index (κ3) is 3.88. The molecule has 2 aliphatic heterocycles. The van der Waals surface area contributed by atoms with E-state index in [1.165, 1.54) is 0 Å². The molecule has 0 aromatic carbocycles. The second-order valence-corrected chi connectivity index (χ2v) is 6.78. The fourth-order valence-corrected chi connectivity index (χ4v) is 3.42. The number of amides is 1. The minimum absolute atomic E-state index is 0.249. The molecule has 8 heteroatoms. The summed E-state index contributed by atoms with van der Waals surface area (Å²) < 4.78 is 5.06. The molecule has 1 aromatic heterocycles. The number of carbonyl (C=O) groups excluding carboxylic acids is 1. The molecule has 2 N–H and O–H groups in total. The fourth-order valence-electron chi connectivity index (χ4n) is 3.42. The first kappa shape index (κ1) is 17.6. The van der Waals surface area contributed by atoms with Crippen molar-refractivity contribution in [2.45, 2.75) is 26.7 Å². The molecule has 0 spiro atoms. The van der Waals surface area contributed by atoms with E-state index < -0.39 is 0 Å². The Morgan fingerprint density at radius 2 is 1.68 bits per heavy atom. The monoisotopic (exact) mass is 348 g/mol. The molecule has 0 bridgehead atoms. The second-order valence-electron chi connectivity index (χ2n) is 6.78. The van der Waals surface area contributed by atoms with Crippen LogP contribution in [0.4, 0.5) is 22.1 Å². The number of aromatic nitrogens is 2. The molecular weight excluding hydrogens is 320 g/mol. The van der Waals surface area contributed by atoms with Crippen LogP contribution in [-0.4, -0.2) is 66.8 Å². The Balaban J connectivity index is 1.67. The molecule has 3 rings (SSSR count). The van der Waals surface area contributed by atoms with Gasteiger partial charge in [0.1, 0.15) is 12.0 Å². The van der Waals surface area contributed by atoms with Crippen molar-refractivity contribution in [3.8, 4) is 0 Å². The molecule has 138 valence electrons. The zero-order chi connectivity index (χ0) is 17.8. The normalized spacial score (nSPS) is 19.2. The SMILES string of the molecule is CCOC(=O)N1CCN(c2ncnc(N3CCC(C)CC3)c2N)CC1. The number of rotatable bonds is 3. The summed E-state index contributed by atoms with van der Waals surface area (Å²) in [6.07, 6.45) is 3.67. The predicted molar refractivity (Wildman–Crippen MR) is 97.9 cm³/mol. The van der Waals surface area contributed by atoms with Crippen LogP contribution in [0.25, 0.3) is 0 Å². The van der Waals surface area contributed by atoms with Crippen molar-refractivity contribution < 1.29 is 9.53 Å². The van der Waals surface area contributed by atoms with Gasteiger partial charge < -0.3 is 25.2 Å². The van der Waals surface area contributed by atoms with Crippen LogP contribution in [0.2, 0.25) is 0 Å². The topological polar surface area (TPSA) is 87.8 Å². The average Bonchev–Trinajstić information content (AvgIpc) is 2.63. The van der Waals surface area contributed by atoms with Gasteiger partial charge in [0, 0.05) is 39.3 Å². The van der Waals surface area contributed by atoms with Crippen molar-refractivity contribution in [2.24, 2.45) is 5.92 Å². The van der Waals surface area contributed by atoms with Crippen LogP contribution >= 0.6 is 0 Å². The van der Waals surface area contributed by atoms with Crippen LogP contribution in [0.5, 0.6) is 0 Å². The number of nitrogen functional groups attached to an aromatic ring is 1. The number of ether oxygens (including phenoxy) is 1. The molecule has 0 saturated carbocycles. The van der Waals surface area contributed by atoms with E-state index in [4.69, 9.17) is 10.5 Å². The molecule has 3 heterocycles. The van der Waals surface area contributed by atoms with E-state index in [1.54, 1.807) is 11.2 Å². The largest absolute Gasteiger partial charge is 0.450 e. The Morgan fingerprint density at radius 3 is 2.24 bits per heavy atom. The maximum Gasteiger partial charge on any atom is 0.409 e. The van der Waals surface area contributed by atoms with Crippen LogP contribution in [0.1, 0.15) is 26.7 Å². The van der Waals surface area contributed by atoms with E-state index in [-0.39, 0.29) is 6.09 Å². The molecule has 25 heavy (non-hydrogen) atoms. The summed E-state index contributed by atoms with van der Waals surface area (Å²) in [5, 5.41) is 0. The summed E-state index contributed by atoms with van der Waals surface area (Å²) in [4.78, 5) is 26.8. The summed E-state index contributed by atoms with van der Waals surface area (Å²) in [7, 11) is 0. The molecule has 1 amide bonds. The van der Waals surface area contributed by atoms with Crippen LogP contribution in [0, 0.1) is 5.92 Å². The molecule has 8 nitrogen and oxygen atoms in total. The lowest BCUT2D eigenvalue weighted by atomic mass is 9.99. The van der Waals surface area contributed by atoms with Crippen molar-refractivity contribution in [3.05, 3.63) is 6.33 Å². The van der Waals surface area contributed by atoms with Crippen LogP contribution < -0.4 is 15.5 Å². The highest BCUT2D eigenvalue weighted by atomic mass is 16.6. The van der Waals surface area contributed by atoms with E-state index in [0.717, 1.165) is 43.5 Å². The Labute approximate surface area is 148 Å². The van der Waals surface area contributed by atoms with Gasteiger partial charge >= 0.3 is 6.09 Å². The van der Waals surface area contributed by atoms with Gasteiger partial charge in [0.05, 0.1) is 6.61 Å². The van der Waals surface area contributed by atoms with Gasteiger partial charge in [-0.1, -0.05) is 6.92 Å². The van der Waals surface area contributed by atoms with E-state index in [9.17, 15) is 4.79 Å².